The van der Waals surface area contributed by atoms with Gasteiger partial charge in [0, 0.05) is 0 Å². The monoisotopic (exact) mass is 323 g/mol. The quantitative estimate of drug-likeness (QED) is 0.616. The lowest BCUT2D eigenvalue weighted by Gasteiger charge is -2.19. The maximum atomic E-state index is 10.3. The Morgan fingerprint density at radius 2 is 1.42 bits per heavy atom. The van der Waals surface area contributed by atoms with Crippen LogP contribution in [0.25, 0.3) is 22.6 Å². The summed E-state index contributed by atoms with van der Waals surface area (Å²) >= 11 is 0. The number of oxazole rings is 1. The van der Waals surface area contributed by atoms with Crippen molar-refractivity contribution in [3.8, 4) is 17.2 Å². The van der Waals surface area contributed by atoms with E-state index in [0.717, 1.165) is 16.7 Å². The smallest absolute Gasteiger partial charge is 0.231 e. The molecule has 0 aliphatic carbocycles. The van der Waals surface area contributed by atoms with Gasteiger partial charge in [-0.3, -0.25) is 0 Å². The summed E-state index contributed by atoms with van der Waals surface area (Å²) in [5.41, 5.74) is 4.58. The zero-order chi connectivity index (χ0) is 17.7. The number of phenols is 1. The van der Waals surface area contributed by atoms with Crippen LogP contribution in [0.1, 0.15) is 52.7 Å². The van der Waals surface area contributed by atoms with Crippen LogP contribution in [0.3, 0.4) is 0 Å². The molecule has 0 aliphatic rings. The Morgan fingerprint density at radius 3 is 2.04 bits per heavy atom. The summed E-state index contributed by atoms with van der Waals surface area (Å²) in [5, 5.41) is 10.3. The lowest BCUT2D eigenvalue weighted by atomic mass is 9.86. The van der Waals surface area contributed by atoms with Crippen molar-refractivity contribution in [1.29, 1.82) is 0 Å². The Kier molecular flexibility index (Phi) is 3.71. The fourth-order valence-corrected chi connectivity index (χ4v) is 2.68. The largest absolute Gasteiger partial charge is 0.507 e. The molecule has 0 fully saturated rings. The average Bonchev–Trinajstić information content (AvgIpc) is 2.88. The van der Waals surface area contributed by atoms with Gasteiger partial charge in [-0.1, -0.05) is 53.7 Å². The molecule has 0 saturated carbocycles. The van der Waals surface area contributed by atoms with Crippen molar-refractivity contribution < 1.29 is 9.52 Å². The van der Waals surface area contributed by atoms with E-state index in [-0.39, 0.29) is 16.6 Å². The highest BCUT2D eigenvalue weighted by Crippen LogP contribution is 2.36. The van der Waals surface area contributed by atoms with Crippen molar-refractivity contribution in [1.82, 2.24) is 4.98 Å². The molecule has 0 bridgehead atoms. The van der Waals surface area contributed by atoms with Crippen LogP contribution in [0.15, 0.2) is 40.8 Å². The number of hydrogen-bond acceptors (Lipinski definition) is 3. The number of aromatic nitrogens is 1. The number of fused-ring (bicyclic) bond motifs is 1. The summed E-state index contributed by atoms with van der Waals surface area (Å²) in [7, 11) is 0. The number of benzene rings is 2. The second-order valence-corrected chi connectivity index (χ2v) is 8.43. The first kappa shape index (κ1) is 16.6. The zero-order valence-electron chi connectivity index (χ0n) is 15.3. The van der Waals surface area contributed by atoms with E-state index >= 15 is 0 Å². The van der Waals surface area contributed by atoms with Crippen LogP contribution in [0.5, 0.6) is 5.75 Å². The highest BCUT2D eigenvalue weighted by Gasteiger charge is 2.20. The summed E-state index contributed by atoms with van der Waals surface area (Å²) in [6, 6.07) is 11.7. The van der Waals surface area contributed by atoms with Gasteiger partial charge in [-0.15, -0.1) is 0 Å². The molecule has 0 unspecified atom stereocenters. The fourth-order valence-electron chi connectivity index (χ4n) is 2.68. The molecular formula is C21H25NO2. The van der Waals surface area contributed by atoms with Gasteiger partial charge >= 0.3 is 0 Å². The van der Waals surface area contributed by atoms with Crippen LogP contribution < -0.4 is 0 Å². The first-order chi connectivity index (χ1) is 11.1. The van der Waals surface area contributed by atoms with Crippen molar-refractivity contribution in [3.63, 3.8) is 0 Å². The predicted octanol–water partition coefficient (Wildman–Crippen LogP) is 5.80. The maximum Gasteiger partial charge on any atom is 0.231 e. The van der Waals surface area contributed by atoms with Gasteiger partial charge in [-0.25, -0.2) is 4.98 Å². The molecule has 3 nitrogen and oxygen atoms in total. The molecule has 0 amide bonds. The summed E-state index contributed by atoms with van der Waals surface area (Å²) in [6.07, 6.45) is 0. The summed E-state index contributed by atoms with van der Waals surface area (Å²) in [6.45, 7) is 13.0. The van der Waals surface area contributed by atoms with Crippen LogP contribution in [0.4, 0.5) is 0 Å². The normalized spacial score (nSPS) is 12.8. The van der Waals surface area contributed by atoms with Crippen LogP contribution in [-0.2, 0) is 10.8 Å². The topological polar surface area (TPSA) is 46.3 Å². The van der Waals surface area contributed by atoms with E-state index in [1.165, 1.54) is 5.56 Å². The number of rotatable bonds is 1. The predicted molar refractivity (Wildman–Crippen MR) is 98.5 cm³/mol. The molecule has 0 aliphatic heterocycles. The maximum absolute atomic E-state index is 10.3. The second-order valence-electron chi connectivity index (χ2n) is 8.43. The van der Waals surface area contributed by atoms with Gasteiger partial charge in [0.25, 0.3) is 0 Å². The van der Waals surface area contributed by atoms with Crippen LogP contribution in [0.2, 0.25) is 0 Å². The molecule has 3 aromatic rings. The van der Waals surface area contributed by atoms with Crippen molar-refractivity contribution >= 4 is 11.1 Å². The van der Waals surface area contributed by atoms with Gasteiger partial charge in [0.05, 0.1) is 5.56 Å². The molecule has 1 N–H and O–H groups in total. The van der Waals surface area contributed by atoms with Crippen molar-refractivity contribution in [2.45, 2.75) is 52.4 Å². The molecule has 126 valence electrons. The second kappa shape index (κ2) is 5.37. The van der Waals surface area contributed by atoms with Gasteiger partial charge in [-0.2, -0.15) is 0 Å². The lowest BCUT2D eigenvalue weighted by Crippen LogP contribution is -2.10. The Bertz CT molecular complexity index is 892. The van der Waals surface area contributed by atoms with E-state index in [0.29, 0.717) is 11.5 Å². The summed E-state index contributed by atoms with van der Waals surface area (Å²) in [5.74, 6) is 0.644. The van der Waals surface area contributed by atoms with E-state index < -0.39 is 0 Å². The highest BCUT2D eigenvalue weighted by molar-refractivity contribution is 5.78. The number of nitrogens with zero attached hydrogens (tertiary/aromatic N) is 1. The summed E-state index contributed by atoms with van der Waals surface area (Å²) < 4.78 is 5.90. The molecule has 0 spiro atoms. The van der Waals surface area contributed by atoms with E-state index in [9.17, 15) is 5.11 Å². The van der Waals surface area contributed by atoms with Crippen molar-refractivity contribution in [3.05, 3.63) is 47.5 Å². The van der Waals surface area contributed by atoms with Crippen LogP contribution >= 0.6 is 0 Å². The van der Waals surface area contributed by atoms with Gasteiger partial charge < -0.3 is 9.52 Å². The number of hydrogen-bond donors (Lipinski definition) is 1. The van der Waals surface area contributed by atoms with Crippen molar-refractivity contribution in [2.24, 2.45) is 0 Å². The average molecular weight is 323 g/mol. The third-order valence-corrected chi connectivity index (χ3v) is 4.35. The zero-order valence-corrected chi connectivity index (χ0v) is 15.3. The minimum Gasteiger partial charge on any atom is -0.507 e. The van der Waals surface area contributed by atoms with E-state index in [1.54, 1.807) is 6.07 Å². The first-order valence-corrected chi connectivity index (χ1v) is 8.31. The molecule has 0 radical (unpaired) electrons. The number of phenolic OH excluding ortho intramolecular Hbond substituents is 1. The van der Waals surface area contributed by atoms with Gasteiger partial charge in [0.15, 0.2) is 5.58 Å². The van der Waals surface area contributed by atoms with Crippen LogP contribution in [0, 0.1) is 0 Å². The molecular weight excluding hydrogens is 298 g/mol. The minimum absolute atomic E-state index is 0.00608. The fraction of sp³-hybridized carbons (Fsp3) is 0.381. The highest BCUT2D eigenvalue weighted by atomic mass is 16.3. The Labute approximate surface area is 143 Å². The molecule has 3 rings (SSSR count). The van der Waals surface area contributed by atoms with Gasteiger partial charge in [0.2, 0.25) is 5.89 Å². The van der Waals surface area contributed by atoms with E-state index in [1.807, 2.05) is 18.2 Å². The molecule has 0 saturated heterocycles. The Balaban J connectivity index is 2.13. The van der Waals surface area contributed by atoms with Crippen LogP contribution in [-0.4, -0.2) is 10.1 Å². The Morgan fingerprint density at radius 1 is 0.833 bits per heavy atom. The third-order valence-electron chi connectivity index (χ3n) is 4.35. The van der Waals surface area contributed by atoms with Gasteiger partial charge in [-0.05, 0) is 46.2 Å². The van der Waals surface area contributed by atoms with E-state index in [4.69, 9.17) is 4.42 Å². The molecule has 24 heavy (non-hydrogen) atoms. The first-order valence-electron chi connectivity index (χ1n) is 8.31. The molecule has 3 heteroatoms. The SMILES string of the molecule is CC(C)(C)c1ccc(O)c(-c2nc3cc(C(C)(C)C)ccc3o2)c1. The van der Waals surface area contributed by atoms with Crippen molar-refractivity contribution in [2.75, 3.05) is 0 Å². The standard InChI is InChI=1S/C21H25NO2/c1-20(2,3)13-7-9-17(23)15(11-13)19-22-16-12-14(21(4,5)6)8-10-18(16)24-19/h7-12,23H,1-6H3. The minimum atomic E-state index is -0.00608. The molecule has 1 aromatic heterocycles. The third kappa shape index (κ3) is 3.03. The van der Waals surface area contributed by atoms with Gasteiger partial charge in [0.1, 0.15) is 11.3 Å². The Hall–Kier alpha value is -2.29. The molecule has 2 aromatic carbocycles. The van der Waals surface area contributed by atoms with E-state index in [2.05, 4.69) is 58.7 Å². The summed E-state index contributed by atoms with van der Waals surface area (Å²) in [4.78, 5) is 4.61. The number of aromatic hydroxyl groups is 1. The lowest BCUT2D eigenvalue weighted by molar-refractivity contribution is 0.473. The molecule has 0 atom stereocenters. The molecule has 1 heterocycles.